The van der Waals surface area contributed by atoms with Gasteiger partial charge in [0.05, 0.1) is 70.9 Å². The molecule has 0 saturated carbocycles. The monoisotopic (exact) mass is 1230 g/mol. The fraction of sp³-hybridized carbons (Fsp3) is 0.672. The molecule has 25 atom stereocenters. The van der Waals surface area contributed by atoms with Gasteiger partial charge < -0.3 is 108 Å². The third-order valence-corrected chi connectivity index (χ3v) is 17.5. The van der Waals surface area contributed by atoms with Crippen LogP contribution < -0.4 is 4.74 Å². The van der Waals surface area contributed by atoms with Crippen LogP contribution >= 0.6 is 0 Å². The Morgan fingerprint density at radius 1 is 0.678 bits per heavy atom. The van der Waals surface area contributed by atoms with Crippen molar-refractivity contribution >= 4 is 34.3 Å². The molecule has 87 heavy (non-hydrogen) atoms. The molecule has 5 heterocycles. The quantitative estimate of drug-likeness (QED) is 0.0824. The number of carbonyl (C=O) groups is 4. The molecular formula is C61H82O26. The first-order valence-corrected chi connectivity index (χ1v) is 29.5. The summed E-state index contributed by atoms with van der Waals surface area (Å²) >= 11 is 0. The maximum absolute atomic E-state index is 15.3. The lowest BCUT2D eigenvalue weighted by Gasteiger charge is -2.46. The summed E-state index contributed by atoms with van der Waals surface area (Å²) in [6.45, 7) is 13.4. The number of ether oxygens (including phenoxy) is 13. The fourth-order valence-corrected chi connectivity index (χ4v) is 12.5. The van der Waals surface area contributed by atoms with Crippen molar-refractivity contribution in [2.45, 2.75) is 248 Å². The van der Waals surface area contributed by atoms with Crippen LogP contribution in [0.2, 0.25) is 0 Å². The summed E-state index contributed by atoms with van der Waals surface area (Å²) in [4.78, 5) is 54.9. The van der Waals surface area contributed by atoms with E-state index >= 15 is 4.79 Å². The maximum Gasteiger partial charge on any atom is 0.338 e. The highest BCUT2D eigenvalue weighted by atomic mass is 16.7. The van der Waals surface area contributed by atoms with E-state index in [2.05, 4.69) is 0 Å². The zero-order chi connectivity index (χ0) is 63.2. The molecule has 1 aliphatic carbocycles. The highest BCUT2D eigenvalue weighted by molar-refractivity contribution is 6.11. The number of Topliss-reactive ketones (excluding diaryl/α,β-unsaturated/α-hetero) is 2. The number of aromatic hydroxyl groups is 2. The molecule has 26 nitrogen and oxygen atoms in total. The van der Waals surface area contributed by atoms with Crippen molar-refractivity contribution < 1.29 is 127 Å². The van der Waals surface area contributed by atoms with Crippen LogP contribution in [0, 0.1) is 12.8 Å². The van der Waals surface area contributed by atoms with E-state index < -0.39 is 188 Å². The Kier molecular flexibility index (Phi) is 20.7. The van der Waals surface area contributed by atoms with Gasteiger partial charge in [-0.15, -0.1) is 0 Å². The van der Waals surface area contributed by atoms with Gasteiger partial charge in [-0.3, -0.25) is 14.4 Å². The molecule has 9 N–H and O–H groups in total. The van der Waals surface area contributed by atoms with Crippen LogP contribution in [-0.2, 0) is 72.9 Å². The molecule has 9 rings (SSSR count). The lowest BCUT2D eigenvalue weighted by atomic mass is 9.75. The van der Waals surface area contributed by atoms with Crippen LogP contribution in [0.15, 0.2) is 42.5 Å². The molecule has 5 aliphatic heterocycles. The Labute approximate surface area is 502 Å². The molecular weight excluding hydrogens is 1150 g/mol. The van der Waals surface area contributed by atoms with Crippen molar-refractivity contribution in [1.29, 1.82) is 0 Å². The normalized spacial score (nSPS) is 38.4. The van der Waals surface area contributed by atoms with Gasteiger partial charge in [-0.2, -0.15) is 0 Å². The molecule has 0 unspecified atom stereocenters. The molecule has 5 fully saturated rings. The average Bonchev–Trinajstić information content (AvgIpc) is 0.880. The van der Waals surface area contributed by atoms with E-state index in [1.807, 2.05) is 0 Å². The number of ketones is 2. The van der Waals surface area contributed by atoms with Crippen molar-refractivity contribution in [1.82, 2.24) is 0 Å². The number of esters is 2. The molecule has 482 valence electrons. The highest BCUT2D eigenvalue weighted by Gasteiger charge is 2.52. The van der Waals surface area contributed by atoms with E-state index in [9.17, 15) is 60.3 Å². The minimum atomic E-state index is -2.01. The summed E-state index contributed by atoms with van der Waals surface area (Å²) in [6, 6.07) is 10.9. The van der Waals surface area contributed by atoms with Crippen molar-refractivity contribution in [2.24, 2.45) is 5.92 Å². The number of aliphatic hydroxyl groups is 7. The number of phenols is 2. The fourth-order valence-electron chi connectivity index (χ4n) is 12.5. The first-order valence-electron chi connectivity index (χ1n) is 29.5. The first-order chi connectivity index (χ1) is 41.0. The van der Waals surface area contributed by atoms with E-state index in [1.54, 1.807) is 45.9 Å². The zero-order valence-corrected chi connectivity index (χ0v) is 50.1. The number of phenolic OH excluding ortho intramolecular Hbond substituents is 2. The van der Waals surface area contributed by atoms with Crippen molar-refractivity contribution in [3.8, 4) is 17.2 Å². The molecule has 0 aromatic heterocycles. The van der Waals surface area contributed by atoms with Crippen molar-refractivity contribution in [3.05, 3.63) is 64.7 Å². The van der Waals surface area contributed by atoms with Crippen LogP contribution in [0.3, 0.4) is 0 Å². The largest absolute Gasteiger partial charge is 0.507 e. The van der Waals surface area contributed by atoms with E-state index in [4.69, 9.17) is 61.6 Å². The molecule has 5 saturated heterocycles. The summed E-state index contributed by atoms with van der Waals surface area (Å²) in [5.74, 6) is -5.73. The summed E-state index contributed by atoms with van der Waals surface area (Å²) in [5, 5.41) is 102. The van der Waals surface area contributed by atoms with Crippen LogP contribution in [0.4, 0.5) is 0 Å². The van der Waals surface area contributed by atoms with Crippen molar-refractivity contribution in [2.75, 3.05) is 7.11 Å². The third kappa shape index (κ3) is 14.3. The first kappa shape index (κ1) is 66.3. The van der Waals surface area contributed by atoms with Crippen LogP contribution in [-0.4, -0.2) is 223 Å². The zero-order valence-electron chi connectivity index (χ0n) is 50.1. The van der Waals surface area contributed by atoms with Gasteiger partial charge in [0.2, 0.25) is 6.29 Å². The van der Waals surface area contributed by atoms with Gasteiger partial charge in [0.1, 0.15) is 72.2 Å². The van der Waals surface area contributed by atoms with Gasteiger partial charge in [0.25, 0.3) is 0 Å². The minimum Gasteiger partial charge on any atom is -0.507 e. The molecule has 0 spiro atoms. The lowest BCUT2D eigenvalue weighted by molar-refractivity contribution is -0.334. The van der Waals surface area contributed by atoms with Gasteiger partial charge >= 0.3 is 11.9 Å². The Bertz CT molecular complexity index is 2920. The predicted molar refractivity (Wildman–Crippen MR) is 298 cm³/mol. The summed E-state index contributed by atoms with van der Waals surface area (Å²) in [5.41, 5.74) is -1.44. The number of rotatable bonds is 18. The Hall–Kier alpha value is -5.08. The SMILES string of the molecule is CO[C@H](C(=O)[C@@H](O)[C@@H](C)OC(=O)c1ccccc1)[C@@H]1Cc2cc3cc(O[C@H]4C[C@@H](O[C@H]5C[C@@H](OC(C)=O)[C@H](O)[C@@H](C)O5)[C@H](O)[C@@H](C)O4)c(C)c(O)c3c(O)c2C(=O)[C@H]1O[C@H]1C[C@@H](O[C@H]2C[C@@H](O[C@H]3C[C@](C)(O)[C@H](O)[C@@H](C)O3)[C@@H](O)[C@@H](C)O2)[C@H](O)[C@@H](C)O1. The van der Waals surface area contributed by atoms with E-state index in [1.165, 1.54) is 66.0 Å². The number of hydrogen-bond acceptors (Lipinski definition) is 26. The van der Waals surface area contributed by atoms with Gasteiger partial charge in [-0.1, -0.05) is 18.2 Å². The summed E-state index contributed by atoms with van der Waals surface area (Å²) < 4.78 is 78.3. The highest BCUT2D eigenvalue weighted by Crippen LogP contribution is 2.48. The molecule has 0 radical (unpaired) electrons. The minimum absolute atomic E-state index is 0.0355. The Morgan fingerprint density at radius 3 is 1.71 bits per heavy atom. The van der Waals surface area contributed by atoms with Crippen molar-refractivity contribution in [3.63, 3.8) is 0 Å². The van der Waals surface area contributed by atoms with E-state index in [0.29, 0.717) is 0 Å². The van der Waals surface area contributed by atoms with Gasteiger partial charge in [0.15, 0.2) is 42.8 Å². The predicted octanol–water partition coefficient (Wildman–Crippen LogP) is 2.19. The smallest absolute Gasteiger partial charge is 0.338 e. The summed E-state index contributed by atoms with van der Waals surface area (Å²) in [7, 11) is 1.18. The second kappa shape index (κ2) is 27.2. The second-order valence-electron chi connectivity index (χ2n) is 24.0. The molecule has 3 aromatic rings. The number of benzene rings is 3. The van der Waals surface area contributed by atoms with Crippen LogP contribution in [0.25, 0.3) is 10.8 Å². The number of aliphatic hydroxyl groups excluding tert-OH is 6. The Balaban J connectivity index is 0.986. The van der Waals surface area contributed by atoms with E-state index in [0.717, 1.165) is 0 Å². The van der Waals surface area contributed by atoms with Crippen LogP contribution in [0.5, 0.6) is 17.2 Å². The maximum atomic E-state index is 15.3. The molecule has 6 aliphatic rings. The summed E-state index contributed by atoms with van der Waals surface area (Å²) in [6.07, 6.45) is -27.7. The Morgan fingerprint density at radius 2 is 1.17 bits per heavy atom. The topological polar surface area (TPSA) is 370 Å². The third-order valence-electron chi connectivity index (χ3n) is 17.5. The standard InChI is InChI=1S/C61H82O26/c1-24-36(83-41-20-38(50(65)26(3)76-41)84-42-19-37(82-31(8)62)49(64)25(2)77-42)18-34-16-33-17-35(57(75-10)56(71)53(68)29(6)81-60(73)32-14-12-11-13-15-32)58(55(70)47(33)54(69)46(34)48(24)63)87-44-22-39(51(66)28(5)79-44)85-43-21-40(52(67)27(4)78-43)86-45-23-61(9,74)59(72)30(7)80-45/h11-16,18,25-30,35,37-45,49-53,57-59,63-69,72,74H,17,19-23H2,1-10H3/t25-,26-,27-,28-,29-,30-,35+,37-,38-,39-,40-,41+,42+,43+,44+,45+,49-,50-,51-,52+,53+,57+,58+,59-,61+/m1/s1. The molecule has 0 bridgehead atoms. The number of fused-ring (bicyclic) bond motifs is 2. The van der Waals surface area contributed by atoms with E-state index in [-0.39, 0.29) is 77.3 Å². The average molecular weight is 1230 g/mol. The van der Waals surface area contributed by atoms with Gasteiger partial charge in [-0.05, 0) is 97.0 Å². The van der Waals surface area contributed by atoms with Crippen LogP contribution in [0.1, 0.15) is 119 Å². The molecule has 3 aromatic carbocycles. The molecule has 26 heteroatoms. The lowest BCUT2D eigenvalue weighted by Crippen LogP contribution is -2.58. The van der Waals surface area contributed by atoms with Gasteiger partial charge in [0, 0.05) is 57.6 Å². The van der Waals surface area contributed by atoms with Gasteiger partial charge in [-0.25, -0.2) is 4.79 Å². The number of methoxy groups -OCH3 is 1. The molecule has 0 amide bonds. The second-order valence-corrected chi connectivity index (χ2v) is 24.0. The number of carbonyl (C=O) groups excluding carboxylic acids is 4. The number of hydrogen-bond donors (Lipinski definition) is 9.